The van der Waals surface area contributed by atoms with E-state index in [2.05, 4.69) is 4.98 Å². The number of aromatic amines is 1. The van der Waals surface area contributed by atoms with Crippen LogP contribution in [0.15, 0.2) is 90.5 Å². The van der Waals surface area contributed by atoms with Crippen molar-refractivity contribution in [3.63, 3.8) is 0 Å². The van der Waals surface area contributed by atoms with Crippen molar-refractivity contribution in [2.24, 2.45) is 0 Å². The highest BCUT2D eigenvalue weighted by Crippen LogP contribution is 2.32. The number of Topliss-reactive ketones (excluding diaryl/α,β-unsaturated/α-hetero) is 2. The molecule has 0 radical (unpaired) electrons. The van der Waals surface area contributed by atoms with Gasteiger partial charge < -0.3 is 4.98 Å². The molecule has 0 fully saturated rings. The third-order valence-electron chi connectivity index (χ3n) is 4.76. The molecule has 4 aromatic rings. The SMILES string of the molecule is CC(=O)/C(=C/c1c(-c2ccccc2)[nH]c2ccccc12)C(=O)c1ccccc1. The first-order chi connectivity index (χ1) is 13.6. The van der Waals surface area contributed by atoms with Crippen molar-refractivity contribution >= 4 is 28.5 Å². The van der Waals surface area contributed by atoms with Crippen molar-refractivity contribution in [2.45, 2.75) is 6.92 Å². The standard InChI is InChI=1S/C25H19NO2/c1-17(27)21(25(28)19-12-6-3-7-13-19)16-22-20-14-8-9-15-23(20)26-24(22)18-10-4-2-5-11-18/h2-16,26H,1H3/b21-16-. The van der Waals surface area contributed by atoms with Crippen LogP contribution >= 0.6 is 0 Å². The third kappa shape index (κ3) is 3.30. The molecule has 136 valence electrons. The minimum Gasteiger partial charge on any atom is -0.354 e. The molecule has 3 aromatic carbocycles. The Morgan fingerprint density at radius 3 is 2.07 bits per heavy atom. The van der Waals surface area contributed by atoms with Crippen LogP contribution in [0.5, 0.6) is 0 Å². The van der Waals surface area contributed by atoms with E-state index in [1.54, 1.807) is 30.3 Å². The van der Waals surface area contributed by atoms with Crippen LogP contribution in [0.1, 0.15) is 22.8 Å². The van der Waals surface area contributed by atoms with Gasteiger partial charge >= 0.3 is 0 Å². The van der Waals surface area contributed by atoms with E-state index in [-0.39, 0.29) is 17.1 Å². The molecule has 1 aromatic heterocycles. The second kappa shape index (κ2) is 7.49. The van der Waals surface area contributed by atoms with Crippen molar-refractivity contribution in [1.82, 2.24) is 4.98 Å². The highest BCUT2D eigenvalue weighted by Gasteiger charge is 2.19. The number of aromatic nitrogens is 1. The first-order valence-electron chi connectivity index (χ1n) is 9.13. The number of allylic oxidation sites excluding steroid dienone is 1. The maximum Gasteiger partial charge on any atom is 0.196 e. The molecule has 0 aliphatic rings. The lowest BCUT2D eigenvalue weighted by Gasteiger charge is -2.06. The van der Waals surface area contributed by atoms with Crippen LogP contribution in [0.25, 0.3) is 28.2 Å². The summed E-state index contributed by atoms with van der Waals surface area (Å²) in [4.78, 5) is 28.8. The van der Waals surface area contributed by atoms with Gasteiger partial charge in [-0.2, -0.15) is 0 Å². The Labute approximate surface area is 163 Å². The summed E-state index contributed by atoms with van der Waals surface area (Å²) in [5.41, 5.74) is 4.37. The molecule has 0 saturated carbocycles. The zero-order valence-electron chi connectivity index (χ0n) is 15.5. The maximum atomic E-state index is 13.0. The van der Waals surface area contributed by atoms with Crippen LogP contribution in [-0.2, 0) is 4.79 Å². The molecule has 1 heterocycles. The number of hydrogen-bond acceptors (Lipinski definition) is 2. The van der Waals surface area contributed by atoms with Crippen LogP contribution < -0.4 is 0 Å². The van der Waals surface area contributed by atoms with Gasteiger partial charge in [0.2, 0.25) is 0 Å². The molecule has 0 amide bonds. The number of benzene rings is 3. The number of ketones is 2. The first-order valence-corrected chi connectivity index (χ1v) is 9.13. The van der Waals surface area contributed by atoms with Gasteiger partial charge in [-0.25, -0.2) is 0 Å². The summed E-state index contributed by atoms with van der Waals surface area (Å²) in [6.07, 6.45) is 1.72. The number of carbonyl (C=O) groups excluding carboxylic acids is 2. The second-order valence-corrected chi connectivity index (χ2v) is 6.63. The van der Waals surface area contributed by atoms with E-state index in [1.807, 2.05) is 60.7 Å². The third-order valence-corrected chi connectivity index (χ3v) is 4.76. The van der Waals surface area contributed by atoms with Crippen molar-refractivity contribution in [1.29, 1.82) is 0 Å². The highest BCUT2D eigenvalue weighted by molar-refractivity contribution is 6.29. The van der Waals surface area contributed by atoms with E-state index in [0.29, 0.717) is 5.56 Å². The zero-order valence-corrected chi connectivity index (χ0v) is 15.5. The molecular formula is C25H19NO2. The molecule has 1 N–H and O–H groups in total. The van der Waals surface area contributed by atoms with Crippen molar-refractivity contribution in [3.8, 4) is 11.3 Å². The average molecular weight is 365 g/mol. The van der Waals surface area contributed by atoms with Crippen LogP contribution in [0.3, 0.4) is 0 Å². The number of hydrogen-bond donors (Lipinski definition) is 1. The van der Waals surface area contributed by atoms with Crippen LogP contribution in [0.2, 0.25) is 0 Å². The number of carbonyl (C=O) groups is 2. The van der Waals surface area contributed by atoms with E-state index in [4.69, 9.17) is 0 Å². The Balaban J connectivity index is 1.94. The number of fused-ring (bicyclic) bond motifs is 1. The summed E-state index contributed by atoms with van der Waals surface area (Å²) in [6.45, 7) is 1.43. The average Bonchev–Trinajstić information content (AvgIpc) is 3.11. The first kappa shape index (κ1) is 17.7. The minimum atomic E-state index is -0.266. The molecule has 0 unspecified atom stereocenters. The van der Waals surface area contributed by atoms with Crippen molar-refractivity contribution in [2.75, 3.05) is 0 Å². The summed E-state index contributed by atoms with van der Waals surface area (Å²) in [7, 11) is 0. The molecule has 0 saturated heterocycles. The summed E-state index contributed by atoms with van der Waals surface area (Å²) < 4.78 is 0. The predicted molar refractivity (Wildman–Crippen MR) is 113 cm³/mol. The van der Waals surface area contributed by atoms with Gasteiger partial charge in [0.25, 0.3) is 0 Å². The van der Waals surface area contributed by atoms with E-state index in [9.17, 15) is 9.59 Å². The molecule has 0 atom stereocenters. The number of para-hydroxylation sites is 1. The molecular weight excluding hydrogens is 346 g/mol. The molecule has 28 heavy (non-hydrogen) atoms. The molecule has 0 aliphatic heterocycles. The Kier molecular flexibility index (Phi) is 4.73. The maximum absolute atomic E-state index is 13.0. The molecule has 3 nitrogen and oxygen atoms in total. The smallest absolute Gasteiger partial charge is 0.196 e. The molecule has 0 bridgehead atoms. The largest absolute Gasteiger partial charge is 0.354 e. The Morgan fingerprint density at radius 2 is 1.39 bits per heavy atom. The normalized spacial score (nSPS) is 11.5. The van der Waals surface area contributed by atoms with Gasteiger partial charge in [-0.15, -0.1) is 0 Å². The summed E-state index contributed by atoms with van der Waals surface area (Å²) >= 11 is 0. The summed E-state index contributed by atoms with van der Waals surface area (Å²) in [5, 5.41) is 0.973. The van der Waals surface area contributed by atoms with Gasteiger partial charge in [0.15, 0.2) is 11.6 Å². The lowest BCUT2D eigenvalue weighted by atomic mass is 9.96. The van der Waals surface area contributed by atoms with Crippen LogP contribution in [0.4, 0.5) is 0 Å². The van der Waals surface area contributed by atoms with E-state index in [1.165, 1.54) is 6.92 Å². The summed E-state index contributed by atoms with van der Waals surface area (Å²) in [5.74, 6) is -0.518. The van der Waals surface area contributed by atoms with Gasteiger partial charge in [-0.3, -0.25) is 9.59 Å². The fraction of sp³-hybridized carbons (Fsp3) is 0.0400. The topological polar surface area (TPSA) is 49.9 Å². The van der Waals surface area contributed by atoms with Gasteiger partial charge in [0.1, 0.15) is 0 Å². The van der Waals surface area contributed by atoms with E-state index >= 15 is 0 Å². The van der Waals surface area contributed by atoms with E-state index < -0.39 is 0 Å². The Bertz CT molecular complexity index is 1190. The zero-order chi connectivity index (χ0) is 19.5. The van der Waals surface area contributed by atoms with Crippen molar-refractivity contribution in [3.05, 3.63) is 102 Å². The molecule has 3 heteroatoms. The fourth-order valence-electron chi connectivity index (χ4n) is 3.36. The number of H-pyrrole nitrogens is 1. The lowest BCUT2D eigenvalue weighted by molar-refractivity contribution is -0.113. The predicted octanol–water partition coefficient (Wildman–Crippen LogP) is 5.69. The monoisotopic (exact) mass is 365 g/mol. The number of nitrogens with one attached hydrogen (secondary N) is 1. The number of rotatable bonds is 5. The van der Waals surface area contributed by atoms with Crippen LogP contribution in [-0.4, -0.2) is 16.6 Å². The van der Waals surface area contributed by atoms with Crippen molar-refractivity contribution < 1.29 is 9.59 Å². The van der Waals surface area contributed by atoms with Gasteiger partial charge in [0.05, 0.1) is 11.3 Å². The van der Waals surface area contributed by atoms with Gasteiger partial charge in [-0.1, -0.05) is 78.9 Å². The van der Waals surface area contributed by atoms with Gasteiger partial charge in [0, 0.05) is 22.0 Å². The Hall–Kier alpha value is -3.72. The van der Waals surface area contributed by atoms with Crippen LogP contribution in [0, 0.1) is 0 Å². The fourth-order valence-corrected chi connectivity index (χ4v) is 3.36. The minimum absolute atomic E-state index is 0.174. The lowest BCUT2D eigenvalue weighted by Crippen LogP contribution is -2.10. The molecule has 4 rings (SSSR count). The highest BCUT2D eigenvalue weighted by atomic mass is 16.1. The second-order valence-electron chi connectivity index (χ2n) is 6.63. The van der Waals surface area contributed by atoms with E-state index in [0.717, 1.165) is 27.7 Å². The molecule has 0 aliphatic carbocycles. The molecule has 0 spiro atoms. The van der Waals surface area contributed by atoms with Gasteiger partial charge in [-0.05, 0) is 24.6 Å². The Morgan fingerprint density at radius 1 is 0.786 bits per heavy atom. The quantitative estimate of drug-likeness (QED) is 0.214. The summed E-state index contributed by atoms with van der Waals surface area (Å²) in [6, 6.07) is 26.7.